The first-order chi connectivity index (χ1) is 15.3. The van der Waals surface area contributed by atoms with Gasteiger partial charge in [0.1, 0.15) is 11.4 Å². The van der Waals surface area contributed by atoms with Crippen molar-refractivity contribution in [2.75, 3.05) is 6.61 Å². The van der Waals surface area contributed by atoms with Crippen LogP contribution in [0, 0.1) is 5.92 Å². The molecule has 0 saturated heterocycles. The Balaban J connectivity index is 1.63. The standard InChI is InChI=1S/C27H28N2O3/c1-18(16-27(2,3)32-26(28)30)17-31-25-13-12-20(19-8-4-5-10-23(19)25)21-14-15-29-24-11-7-6-9-22(21)24/h4-15,18H,16-17H2,1-3H3,(H2,28,30). The van der Waals surface area contributed by atoms with Gasteiger partial charge in [-0.3, -0.25) is 4.98 Å². The molecule has 1 aromatic heterocycles. The fourth-order valence-electron chi connectivity index (χ4n) is 4.41. The third-order valence-corrected chi connectivity index (χ3v) is 5.56. The van der Waals surface area contributed by atoms with Crippen molar-refractivity contribution in [3.63, 3.8) is 0 Å². The van der Waals surface area contributed by atoms with Crippen LogP contribution in [0.5, 0.6) is 5.75 Å². The van der Waals surface area contributed by atoms with Crippen molar-refractivity contribution in [2.45, 2.75) is 32.8 Å². The Labute approximate surface area is 188 Å². The van der Waals surface area contributed by atoms with E-state index in [0.717, 1.165) is 38.6 Å². The highest BCUT2D eigenvalue weighted by molar-refractivity contribution is 6.06. The number of carbonyl (C=O) groups is 1. The molecule has 0 aliphatic heterocycles. The fourth-order valence-corrected chi connectivity index (χ4v) is 4.41. The Morgan fingerprint density at radius 2 is 1.59 bits per heavy atom. The molecule has 1 amide bonds. The van der Waals surface area contributed by atoms with Crippen LogP contribution in [0.1, 0.15) is 27.2 Å². The minimum absolute atomic E-state index is 0.173. The number of primary amides is 1. The molecule has 0 saturated carbocycles. The molecule has 1 atom stereocenters. The van der Waals surface area contributed by atoms with Crippen molar-refractivity contribution in [3.8, 4) is 16.9 Å². The number of carbonyl (C=O) groups excluding carboxylic acids is 1. The number of benzene rings is 3. The van der Waals surface area contributed by atoms with E-state index in [4.69, 9.17) is 15.2 Å². The number of pyridine rings is 1. The molecule has 2 N–H and O–H groups in total. The summed E-state index contributed by atoms with van der Waals surface area (Å²) in [5.41, 5.74) is 7.82. The highest BCUT2D eigenvalue weighted by Gasteiger charge is 2.25. The maximum Gasteiger partial charge on any atom is 0.405 e. The third kappa shape index (κ3) is 4.67. The summed E-state index contributed by atoms with van der Waals surface area (Å²) in [5, 5.41) is 3.32. The lowest BCUT2D eigenvalue weighted by atomic mass is 9.94. The molecule has 1 unspecified atom stereocenters. The number of nitrogens with two attached hydrogens (primary N) is 1. The van der Waals surface area contributed by atoms with Gasteiger partial charge in [-0.2, -0.15) is 0 Å². The van der Waals surface area contributed by atoms with E-state index in [0.29, 0.717) is 13.0 Å². The molecule has 5 heteroatoms. The normalized spacial score (nSPS) is 12.6. The van der Waals surface area contributed by atoms with E-state index in [-0.39, 0.29) is 5.92 Å². The second-order valence-corrected chi connectivity index (χ2v) is 8.83. The van der Waals surface area contributed by atoms with Crippen LogP contribution in [0.2, 0.25) is 0 Å². The van der Waals surface area contributed by atoms with Crippen LogP contribution in [0.3, 0.4) is 0 Å². The van der Waals surface area contributed by atoms with E-state index in [2.05, 4.69) is 42.2 Å². The Bertz CT molecular complexity index is 1260. The SMILES string of the molecule is CC(COc1ccc(-c2ccnc3ccccc23)c2ccccc12)CC(C)(C)OC(N)=O. The first kappa shape index (κ1) is 21.6. The smallest absolute Gasteiger partial charge is 0.405 e. The van der Waals surface area contributed by atoms with Gasteiger partial charge in [-0.05, 0) is 60.9 Å². The van der Waals surface area contributed by atoms with Crippen LogP contribution < -0.4 is 10.5 Å². The Morgan fingerprint density at radius 3 is 2.34 bits per heavy atom. The predicted octanol–water partition coefficient (Wildman–Crippen LogP) is 6.33. The van der Waals surface area contributed by atoms with Gasteiger partial charge in [0, 0.05) is 17.0 Å². The lowest BCUT2D eigenvalue weighted by Crippen LogP contribution is -2.33. The van der Waals surface area contributed by atoms with Crippen molar-refractivity contribution in [2.24, 2.45) is 11.7 Å². The highest BCUT2D eigenvalue weighted by atomic mass is 16.6. The maximum absolute atomic E-state index is 11.1. The second kappa shape index (κ2) is 8.87. The number of aromatic nitrogens is 1. The summed E-state index contributed by atoms with van der Waals surface area (Å²) in [6.07, 6.45) is 1.75. The van der Waals surface area contributed by atoms with Gasteiger partial charge in [0.15, 0.2) is 0 Å². The van der Waals surface area contributed by atoms with Crippen molar-refractivity contribution in [3.05, 3.63) is 72.9 Å². The van der Waals surface area contributed by atoms with Gasteiger partial charge in [-0.1, -0.05) is 55.5 Å². The van der Waals surface area contributed by atoms with Gasteiger partial charge >= 0.3 is 6.09 Å². The number of para-hydroxylation sites is 1. The minimum atomic E-state index is -0.756. The molecule has 4 aromatic rings. The summed E-state index contributed by atoms with van der Waals surface area (Å²) in [6.45, 7) is 6.30. The van der Waals surface area contributed by atoms with Crippen molar-refractivity contribution in [1.82, 2.24) is 4.98 Å². The zero-order chi connectivity index (χ0) is 22.7. The highest BCUT2D eigenvalue weighted by Crippen LogP contribution is 2.37. The average molecular weight is 429 g/mol. The molecule has 4 rings (SSSR count). The van der Waals surface area contributed by atoms with E-state index >= 15 is 0 Å². The molecule has 0 aliphatic rings. The molecular formula is C27H28N2O3. The predicted molar refractivity (Wildman–Crippen MR) is 129 cm³/mol. The maximum atomic E-state index is 11.1. The summed E-state index contributed by atoms with van der Waals surface area (Å²) in [6, 6.07) is 22.7. The van der Waals surface area contributed by atoms with E-state index < -0.39 is 11.7 Å². The Morgan fingerprint density at radius 1 is 0.938 bits per heavy atom. The zero-order valence-corrected chi connectivity index (χ0v) is 18.7. The van der Waals surface area contributed by atoms with Crippen LogP contribution in [0.15, 0.2) is 72.9 Å². The number of amides is 1. The van der Waals surface area contributed by atoms with Crippen LogP contribution in [0.4, 0.5) is 4.79 Å². The molecule has 5 nitrogen and oxygen atoms in total. The molecular weight excluding hydrogens is 400 g/mol. The fraction of sp³-hybridized carbons (Fsp3) is 0.259. The number of rotatable bonds is 7. The summed E-state index contributed by atoms with van der Waals surface area (Å²) in [5.74, 6) is 1.01. The first-order valence-electron chi connectivity index (χ1n) is 10.8. The van der Waals surface area contributed by atoms with E-state index in [1.165, 1.54) is 0 Å². The topological polar surface area (TPSA) is 74.4 Å². The molecule has 32 heavy (non-hydrogen) atoms. The molecule has 164 valence electrons. The largest absolute Gasteiger partial charge is 0.493 e. The Hall–Kier alpha value is -3.60. The van der Waals surface area contributed by atoms with Gasteiger partial charge in [-0.15, -0.1) is 0 Å². The average Bonchev–Trinajstić information content (AvgIpc) is 2.76. The molecule has 0 bridgehead atoms. The van der Waals surface area contributed by atoms with Gasteiger partial charge in [-0.25, -0.2) is 4.79 Å². The summed E-state index contributed by atoms with van der Waals surface area (Å²) in [7, 11) is 0. The summed E-state index contributed by atoms with van der Waals surface area (Å²) < 4.78 is 11.4. The lowest BCUT2D eigenvalue weighted by molar-refractivity contribution is 0.0229. The van der Waals surface area contributed by atoms with Crippen molar-refractivity contribution >= 4 is 27.8 Å². The summed E-state index contributed by atoms with van der Waals surface area (Å²) >= 11 is 0. The van der Waals surface area contributed by atoms with Crippen LogP contribution >= 0.6 is 0 Å². The minimum Gasteiger partial charge on any atom is -0.493 e. The molecule has 0 radical (unpaired) electrons. The molecule has 0 fully saturated rings. The first-order valence-corrected chi connectivity index (χ1v) is 10.8. The van der Waals surface area contributed by atoms with Crippen molar-refractivity contribution < 1.29 is 14.3 Å². The van der Waals surface area contributed by atoms with E-state index in [1.807, 2.05) is 56.4 Å². The van der Waals surface area contributed by atoms with Crippen molar-refractivity contribution in [1.29, 1.82) is 0 Å². The number of hydrogen-bond acceptors (Lipinski definition) is 4. The van der Waals surface area contributed by atoms with Gasteiger partial charge in [0.05, 0.1) is 12.1 Å². The number of hydrogen-bond donors (Lipinski definition) is 1. The molecule has 1 heterocycles. The third-order valence-electron chi connectivity index (χ3n) is 5.56. The second-order valence-electron chi connectivity index (χ2n) is 8.83. The van der Waals surface area contributed by atoms with Crippen LogP contribution in [-0.2, 0) is 4.74 Å². The molecule has 3 aromatic carbocycles. The monoisotopic (exact) mass is 428 g/mol. The quantitative estimate of drug-likeness (QED) is 0.373. The van der Waals surface area contributed by atoms with Gasteiger partial charge in [0.2, 0.25) is 0 Å². The summed E-state index contributed by atoms with van der Waals surface area (Å²) in [4.78, 5) is 15.6. The van der Waals surface area contributed by atoms with E-state index in [1.54, 1.807) is 0 Å². The zero-order valence-electron chi connectivity index (χ0n) is 18.7. The van der Waals surface area contributed by atoms with E-state index in [9.17, 15) is 4.79 Å². The van der Waals surface area contributed by atoms with Gasteiger partial charge in [0.25, 0.3) is 0 Å². The van der Waals surface area contributed by atoms with Crippen LogP contribution in [-0.4, -0.2) is 23.3 Å². The molecule has 0 spiro atoms. The van der Waals surface area contributed by atoms with Crippen LogP contribution in [0.25, 0.3) is 32.8 Å². The van der Waals surface area contributed by atoms with Gasteiger partial charge < -0.3 is 15.2 Å². The molecule has 0 aliphatic carbocycles. The number of ether oxygens (including phenoxy) is 2. The number of fused-ring (bicyclic) bond motifs is 2. The lowest BCUT2D eigenvalue weighted by Gasteiger charge is -2.27. The number of nitrogens with zero attached hydrogens (tertiary/aromatic N) is 1. The Kier molecular flexibility index (Phi) is 5.99.